The van der Waals surface area contributed by atoms with Gasteiger partial charge in [-0.05, 0) is 12.1 Å². The van der Waals surface area contributed by atoms with E-state index < -0.39 is 4.92 Å². The van der Waals surface area contributed by atoms with Crippen molar-refractivity contribution in [1.82, 2.24) is 4.98 Å². The average molecular weight is 281 g/mol. The molecular formula is C12H9ClN2O4. The van der Waals surface area contributed by atoms with Gasteiger partial charge in [0.1, 0.15) is 10.9 Å². The molecule has 0 bridgehead atoms. The fourth-order valence-electron chi connectivity index (χ4n) is 1.41. The van der Waals surface area contributed by atoms with Gasteiger partial charge >= 0.3 is 5.69 Å². The summed E-state index contributed by atoms with van der Waals surface area (Å²) in [5.74, 6) is 0.658. The summed E-state index contributed by atoms with van der Waals surface area (Å²) in [6.45, 7) is 0. The summed E-state index contributed by atoms with van der Waals surface area (Å²) < 4.78 is 10.4. The highest BCUT2D eigenvalue weighted by molar-refractivity contribution is 6.29. The van der Waals surface area contributed by atoms with Crippen molar-refractivity contribution in [2.75, 3.05) is 7.11 Å². The Hall–Kier alpha value is -2.34. The second-order valence-corrected chi connectivity index (χ2v) is 3.88. The van der Waals surface area contributed by atoms with Gasteiger partial charge in [0.25, 0.3) is 0 Å². The predicted molar refractivity (Wildman–Crippen MR) is 69.0 cm³/mol. The Morgan fingerprint density at radius 3 is 2.74 bits per heavy atom. The van der Waals surface area contributed by atoms with Crippen molar-refractivity contribution >= 4 is 17.3 Å². The van der Waals surface area contributed by atoms with E-state index in [-0.39, 0.29) is 22.5 Å². The van der Waals surface area contributed by atoms with Gasteiger partial charge in [-0.25, -0.2) is 4.98 Å². The van der Waals surface area contributed by atoms with Gasteiger partial charge in [-0.15, -0.1) is 0 Å². The Bertz CT molecular complexity index is 618. The number of hydrogen-bond donors (Lipinski definition) is 0. The molecule has 0 N–H and O–H groups in total. The van der Waals surface area contributed by atoms with Gasteiger partial charge in [-0.3, -0.25) is 10.1 Å². The molecule has 0 atom stereocenters. The first-order valence-electron chi connectivity index (χ1n) is 5.23. The number of benzene rings is 1. The molecule has 6 nitrogen and oxygen atoms in total. The molecule has 7 heteroatoms. The van der Waals surface area contributed by atoms with Crippen LogP contribution in [0.4, 0.5) is 5.69 Å². The first-order valence-corrected chi connectivity index (χ1v) is 5.61. The van der Waals surface area contributed by atoms with E-state index in [1.165, 1.54) is 25.3 Å². The average Bonchev–Trinajstić information content (AvgIpc) is 2.38. The lowest BCUT2D eigenvalue weighted by molar-refractivity contribution is -0.385. The molecule has 0 spiro atoms. The Labute approximate surface area is 113 Å². The van der Waals surface area contributed by atoms with Crippen LogP contribution in [0.15, 0.2) is 36.4 Å². The third kappa shape index (κ3) is 3.11. The molecule has 0 aliphatic heterocycles. The fraction of sp³-hybridized carbons (Fsp3) is 0.0833. The van der Waals surface area contributed by atoms with E-state index in [4.69, 9.17) is 21.1 Å². The van der Waals surface area contributed by atoms with E-state index in [0.29, 0.717) is 5.75 Å². The smallest absolute Gasteiger partial charge is 0.311 e. The molecule has 1 heterocycles. The summed E-state index contributed by atoms with van der Waals surface area (Å²) in [5.41, 5.74) is -0.178. The maximum atomic E-state index is 10.9. The number of aromatic nitrogens is 1. The van der Waals surface area contributed by atoms with Crippen molar-refractivity contribution in [2.24, 2.45) is 0 Å². The van der Waals surface area contributed by atoms with E-state index in [1.54, 1.807) is 18.2 Å². The van der Waals surface area contributed by atoms with Crippen LogP contribution in [-0.2, 0) is 0 Å². The second kappa shape index (κ2) is 5.53. The summed E-state index contributed by atoms with van der Waals surface area (Å²) in [5, 5.41) is 11.2. The SMILES string of the molecule is COc1ccc([N+](=O)[O-])c(Oc2cccc(Cl)n2)c1. The molecule has 98 valence electrons. The molecule has 2 rings (SSSR count). The Kier molecular flexibility index (Phi) is 3.82. The summed E-state index contributed by atoms with van der Waals surface area (Å²) in [7, 11) is 1.46. The number of nitro groups is 1. The first kappa shape index (κ1) is 13.1. The molecule has 1 aromatic heterocycles. The zero-order valence-corrected chi connectivity index (χ0v) is 10.6. The van der Waals surface area contributed by atoms with Crippen molar-refractivity contribution in [2.45, 2.75) is 0 Å². The lowest BCUT2D eigenvalue weighted by Gasteiger charge is -2.07. The standard InChI is InChI=1S/C12H9ClN2O4/c1-18-8-5-6-9(15(16)17)10(7-8)19-12-4-2-3-11(13)14-12/h2-7H,1H3. The van der Waals surface area contributed by atoms with Crippen molar-refractivity contribution in [3.05, 3.63) is 51.7 Å². The van der Waals surface area contributed by atoms with E-state index >= 15 is 0 Å². The molecule has 19 heavy (non-hydrogen) atoms. The number of rotatable bonds is 4. The van der Waals surface area contributed by atoms with Crippen LogP contribution in [-0.4, -0.2) is 17.0 Å². The minimum absolute atomic E-state index is 0.0408. The summed E-state index contributed by atoms with van der Waals surface area (Å²) in [4.78, 5) is 14.3. The molecule has 0 unspecified atom stereocenters. The monoisotopic (exact) mass is 280 g/mol. The fourth-order valence-corrected chi connectivity index (χ4v) is 1.57. The zero-order chi connectivity index (χ0) is 13.8. The number of methoxy groups -OCH3 is 1. The third-order valence-corrected chi connectivity index (χ3v) is 2.48. The lowest BCUT2D eigenvalue weighted by atomic mass is 10.3. The number of nitrogens with zero attached hydrogens (tertiary/aromatic N) is 2. The van der Waals surface area contributed by atoms with Crippen molar-refractivity contribution in [3.8, 4) is 17.4 Å². The quantitative estimate of drug-likeness (QED) is 0.487. The van der Waals surface area contributed by atoms with E-state index in [0.717, 1.165) is 0 Å². The Morgan fingerprint density at radius 1 is 1.32 bits per heavy atom. The second-order valence-electron chi connectivity index (χ2n) is 3.49. The van der Waals surface area contributed by atoms with Crippen LogP contribution in [0.5, 0.6) is 17.4 Å². The molecule has 0 saturated carbocycles. The number of halogens is 1. The lowest BCUT2D eigenvalue weighted by Crippen LogP contribution is -1.95. The molecular weight excluding hydrogens is 272 g/mol. The predicted octanol–water partition coefficient (Wildman–Crippen LogP) is 3.44. The van der Waals surface area contributed by atoms with Crippen LogP contribution in [0.25, 0.3) is 0 Å². The van der Waals surface area contributed by atoms with Crippen LogP contribution < -0.4 is 9.47 Å². The molecule has 0 saturated heterocycles. The van der Waals surface area contributed by atoms with Crippen LogP contribution in [0.3, 0.4) is 0 Å². The topological polar surface area (TPSA) is 74.5 Å². The highest BCUT2D eigenvalue weighted by Gasteiger charge is 2.17. The molecule has 0 aliphatic rings. The molecule has 0 fully saturated rings. The van der Waals surface area contributed by atoms with Gasteiger partial charge in [-0.1, -0.05) is 17.7 Å². The summed E-state index contributed by atoms with van der Waals surface area (Å²) in [6, 6.07) is 8.97. The van der Waals surface area contributed by atoms with Gasteiger partial charge in [0.15, 0.2) is 0 Å². The van der Waals surface area contributed by atoms with Crippen LogP contribution in [0.1, 0.15) is 0 Å². The Balaban J connectivity index is 2.39. The maximum absolute atomic E-state index is 10.9. The van der Waals surface area contributed by atoms with Crippen LogP contribution in [0, 0.1) is 10.1 Å². The zero-order valence-electron chi connectivity index (χ0n) is 9.87. The van der Waals surface area contributed by atoms with Gasteiger partial charge < -0.3 is 9.47 Å². The van der Waals surface area contributed by atoms with E-state index in [2.05, 4.69) is 4.98 Å². The minimum atomic E-state index is -0.542. The molecule has 0 amide bonds. The van der Waals surface area contributed by atoms with Crippen LogP contribution in [0.2, 0.25) is 5.15 Å². The number of ether oxygens (including phenoxy) is 2. The van der Waals surface area contributed by atoms with Gasteiger partial charge in [0.05, 0.1) is 12.0 Å². The van der Waals surface area contributed by atoms with Crippen molar-refractivity contribution in [1.29, 1.82) is 0 Å². The van der Waals surface area contributed by atoms with Crippen molar-refractivity contribution in [3.63, 3.8) is 0 Å². The number of pyridine rings is 1. The van der Waals surface area contributed by atoms with Gasteiger partial charge in [-0.2, -0.15) is 0 Å². The van der Waals surface area contributed by atoms with E-state index in [1.807, 2.05) is 0 Å². The molecule has 2 aromatic rings. The number of hydrogen-bond acceptors (Lipinski definition) is 5. The largest absolute Gasteiger partial charge is 0.497 e. The van der Waals surface area contributed by atoms with Crippen molar-refractivity contribution < 1.29 is 14.4 Å². The molecule has 0 radical (unpaired) electrons. The summed E-state index contributed by atoms with van der Waals surface area (Å²) in [6.07, 6.45) is 0. The Morgan fingerprint density at radius 2 is 2.11 bits per heavy atom. The third-order valence-electron chi connectivity index (χ3n) is 2.27. The molecule has 0 aliphatic carbocycles. The first-order chi connectivity index (χ1) is 9.10. The highest BCUT2D eigenvalue weighted by Crippen LogP contribution is 2.34. The summed E-state index contributed by atoms with van der Waals surface area (Å²) >= 11 is 5.72. The minimum Gasteiger partial charge on any atom is -0.497 e. The van der Waals surface area contributed by atoms with Gasteiger partial charge in [0.2, 0.25) is 11.6 Å². The van der Waals surface area contributed by atoms with E-state index in [9.17, 15) is 10.1 Å². The highest BCUT2D eigenvalue weighted by atomic mass is 35.5. The van der Waals surface area contributed by atoms with Gasteiger partial charge in [0, 0.05) is 18.2 Å². The maximum Gasteiger partial charge on any atom is 0.311 e. The molecule has 1 aromatic carbocycles. The van der Waals surface area contributed by atoms with Crippen LogP contribution >= 0.6 is 11.6 Å². The normalized spacial score (nSPS) is 10.0. The number of nitro benzene ring substituents is 1.